The van der Waals surface area contributed by atoms with Crippen LogP contribution in [-0.2, 0) is 11.3 Å². The van der Waals surface area contributed by atoms with E-state index in [1.54, 1.807) is 0 Å². The van der Waals surface area contributed by atoms with Crippen molar-refractivity contribution in [2.75, 3.05) is 19.8 Å². The second-order valence-electron chi connectivity index (χ2n) is 6.56. The molecule has 0 amide bonds. The molecule has 0 aliphatic carbocycles. The second kappa shape index (κ2) is 14.1. The summed E-state index contributed by atoms with van der Waals surface area (Å²) < 4.78 is 12.8. The van der Waals surface area contributed by atoms with Gasteiger partial charge in [-0.3, -0.25) is 0 Å². The van der Waals surface area contributed by atoms with E-state index < -0.39 is 0 Å². The monoisotopic (exact) mass is 503 g/mol. The van der Waals surface area contributed by atoms with Gasteiger partial charge >= 0.3 is 0 Å². The van der Waals surface area contributed by atoms with Crippen LogP contribution < -0.4 is 9.47 Å². The first-order chi connectivity index (χ1) is 12.9. The predicted molar refractivity (Wildman–Crippen MR) is 121 cm³/mol. The van der Waals surface area contributed by atoms with Crippen molar-refractivity contribution >= 4 is 37.6 Å². The lowest BCUT2D eigenvalue weighted by Gasteiger charge is -2.16. The van der Waals surface area contributed by atoms with Gasteiger partial charge in [0.15, 0.2) is 0 Å². The molecule has 0 radical (unpaired) electrons. The summed E-state index contributed by atoms with van der Waals surface area (Å²) >= 11 is 6.68. The van der Waals surface area contributed by atoms with Crippen molar-refractivity contribution in [1.29, 1.82) is 0 Å². The van der Waals surface area contributed by atoms with Crippen LogP contribution in [0.3, 0.4) is 0 Å². The molecule has 0 fully saturated rings. The zero-order chi connectivity index (χ0) is 20.1. The molecule has 4 nitrogen and oxygen atoms in total. The van der Waals surface area contributed by atoms with E-state index in [9.17, 15) is 0 Å². The van der Waals surface area contributed by atoms with Crippen molar-refractivity contribution in [2.45, 2.75) is 59.8 Å². The minimum Gasteiger partial charge on any atom is -0.493 e. The smallest absolute Gasteiger partial charge is 0.125 e. The number of halogens is 2. The van der Waals surface area contributed by atoms with Crippen LogP contribution in [0.15, 0.2) is 26.8 Å². The van der Waals surface area contributed by atoms with Gasteiger partial charge in [-0.15, -0.1) is 0 Å². The number of oxime groups is 1. The van der Waals surface area contributed by atoms with Gasteiger partial charge in [0, 0.05) is 0 Å². The van der Waals surface area contributed by atoms with Gasteiger partial charge in [-0.25, -0.2) is 0 Å². The lowest BCUT2D eigenvalue weighted by molar-refractivity contribution is 0.138. The van der Waals surface area contributed by atoms with Crippen molar-refractivity contribution in [3.63, 3.8) is 0 Å². The maximum absolute atomic E-state index is 6.11. The first-order valence-corrected chi connectivity index (χ1v) is 11.1. The maximum atomic E-state index is 6.11. The molecule has 1 rings (SSSR count). The summed E-state index contributed by atoms with van der Waals surface area (Å²) in [6, 6.07) is 4.14. The zero-order valence-electron chi connectivity index (χ0n) is 16.8. The lowest BCUT2D eigenvalue weighted by atomic mass is 10.0. The molecule has 152 valence electrons. The minimum absolute atomic E-state index is 0.515. The van der Waals surface area contributed by atoms with E-state index in [-0.39, 0.29) is 0 Å². The number of ether oxygens (including phenoxy) is 2. The Morgan fingerprint density at radius 1 is 1.07 bits per heavy atom. The first kappa shape index (κ1) is 24.0. The van der Waals surface area contributed by atoms with Crippen molar-refractivity contribution in [1.82, 2.24) is 0 Å². The van der Waals surface area contributed by atoms with E-state index in [0.29, 0.717) is 19.8 Å². The fourth-order valence-corrected chi connectivity index (χ4v) is 2.82. The molecule has 0 unspecified atom stereocenters. The normalized spacial score (nSPS) is 10.3. The van der Waals surface area contributed by atoms with E-state index in [1.807, 2.05) is 26.0 Å². The van der Waals surface area contributed by atoms with Gasteiger partial charge in [-0.1, -0.05) is 18.5 Å². The molecule has 1 aromatic carbocycles. The lowest BCUT2D eigenvalue weighted by Crippen LogP contribution is -2.04. The Labute approximate surface area is 180 Å². The Morgan fingerprint density at radius 3 is 2.48 bits per heavy atom. The van der Waals surface area contributed by atoms with Crippen LogP contribution in [0, 0.1) is 6.92 Å². The number of hydrogen-bond donors (Lipinski definition) is 0. The number of rotatable bonds is 13. The molecular formula is C21H31Br2NO3. The van der Waals surface area contributed by atoms with Gasteiger partial charge in [0.2, 0.25) is 0 Å². The topological polar surface area (TPSA) is 40.0 Å². The van der Waals surface area contributed by atoms with Gasteiger partial charge < -0.3 is 14.3 Å². The summed E-state index contributed by atoms with van der Waals surface area (Å²) in [5.41, 5.74) is 3.28. The summed E-state index contributed by atoms with van der Waals surface area (Å²) in [5.74, 6) is 1.88. The van der Waals surface area contributed by atoms with Crippen LogP contribution >= 0.6 is 31.9 Å². The van der Waals surface area contributed by atoms with Crippen LogP contribution in [0.4, 0.5) is 0 Å². The van der Waals surface area contributed by atoms with Crippen molar-refractivity contribution in [3.8, 4) is 11.5 Å². The molecule has 27 heavy (non-hydrogen) atoms. The summed E-state index contributed by atoms with van der Waals surface area (Å²) in [5, 5.41) is 3.94. The molecule has 0 N–H and O–H groups in total. The molecule has 1 aromatic rings. The van der Waals surface area contributed by atoms with Gasteiger partial charge in [-0.05, 0) is 108 Å². The number of hydrogen-bond acceptors (Lipinski definition) is 4. The summed E-state index contributed by atoms with van der Waals surface area (Å²) in [6.45, 7) is 10.0. The Hall–Kier alpha value is -1.01. The Balaban J connectivity index is 2.53. The molecule has 0 bridgehead atoms. The number of nitrogens with zero attached hydrogens (tertiary/aromatic N) is 1. The second-order valence-corrected chi connectivity index (χ2v) is 9.34. The highest BCUT2D eigenvalue weighted by Crippen LogP contribution is 2.30. The minimum atomic E-state index is 0.515. The quantitative estimate of drug-likeness (QED) is 0.166. The zero-order valence-corrected chi connectivity index (χ0v) is 20.0. The Morgan fingerprint density at radius 2 is 1.81 bits per heavy atom. The van der Waals surface area contributed by atoms with Crippen LogP contribution in [0.1, 0.15) is 57.6 Å². The Kier molecular flexibility index (Phi) is 12.5. The van der Waals surface area contributed by atoms with Crippen molar-refractivity contribution < 1.29 is 14.3 Å². The van der Waals surface area contributed by atoms with E-state index in [0.717, 1.165) is 58.3 Å². The van der Waals surface area contributed by atoms with E-state index in [1.165, 1.54) is 5.56 Å². The Bertz CT molecular complexity index is 622. The average molecular weight is 505 g/mol. The molecule has 6 heteroatoms. The molecule has 0 spiro atoms. The number of unbranched alkanes of at least 4 members (excludes halogenated alkanes) is 2. The van der Waals surface area contributed by atoms with Gasteiger partial charge in [-0.2, -0.15) is 0 Å². The third-order valence-corrected chi connectivity index (χ3v) is 4.35. The van der Waals surface area contributed by atoms with Crippen molar-refractivity contribution in [3.05, 3.63) is 32.7 Å². The standard InChI is InChI=1S/C21H31Br2NO3/c1-5-9-18-15-19(25-13-10-20(22)23)14-17(4)21(18)26-11-7-6-8-12-27-24-16(2)3/h10,14-15H,5-9,11-13H2,1-4H3. The maximum Gasteiger partial charge on any atom is 0.125 e. The predicted octanol–water partition coefficient (Wildman–Crippen LogP) is 6.92. The number of benzene rings is 1. The highest BCUT2D eigenvalue weighted by molar-refractivity contribution is 9.28. The number of aryl methyl sites for hydroxylation is 2. The molecule has 0 heterocycles. The highest BCUT2D eigenvalue weighted by Gasteiger charge is 2.10. The molecule has 0 saturated heterocycles. The van der Waals surface area contributed by atoms with Crippen LogP contribution in [0.2, 0.25) is 0 Å². The summed E-state index contributed by atoms with van der Waals surface area (Å²) in [7, 11) is 0. The molecule has 0 atom stereocenters. The van der Waals surface area contributed by atoms with E-state index in [2.05, 4.69) is 56.9 Å². The van der Waals surface area contributed by atoms with Gasteiger partial charge in [0.1, 0.15) is 24.7 Å². The molecule has 0 aromatic heterocycles. The largest absolute Gasteiger partial charge is 0.493 e. The third-order valence-electron chi connectivity index (χ3n) is 3.71. The molecular weight excluding hydrogens is 474 g/mol. The van der Waals surface area contributed by atoms with Crippen LogP contribution in [0.5, 0.6) is 11.5 Å². The third kappa shape index (κ3) is 10.8. The van der Waals surface area contributed by atoms with E-state index in [4.69, 9.17) is 14.3 Å². The van der Waals surface area contributed by atoms with E-state index >= 15 is 0 Å². The van der Waals surface area contributed by atoms with Crippen LogP contribution in [-0.4, -0.2) is 25.5 Å². The fraction of sp³-hybridized carbons (Fsp3) is 0.571. The molecule has 0 aliphatic rings. The van der Waals surface area contributed by atoms with Gasteiger partial charge in [0.25, 0.3) is 0 Å². The van der Waals surface area contributed by atoms with Crippen LogP contribution in [0.25, 0.3) is 0 Å². The summed E-state index contributed by atoms with van der Waals surface area (Å²) in [4.78, 5) is 5.21. The molecule has 0 aliphatic heterocycles. The fourth-order valence-electron chi connectivity index (χ4n) is 2.55. The van der Waals surface area contributed by atoms with Gasteiger partial charge in [0.05, 0.1) is 15.7 Å². The van der Waals surface area contributed by atoms with Crippen molar-refractivity contribution in [2.24, 2.45) is 5.16 Å². The average Bonchev–Trinajstić information content (AvgIpc) is 2.58. The SMILES string of the molecule is CCCc1cc(OCC=C(Br)Br)cc(C)c1OCCCCCON=C(C)C. The highest BCUT2D eigenvalue weighted by atomic mass is 79.9. The summed E-state index contributed by atoms with van der Waals surface area (Å²) in [6.07, 6.45) is 7.04. The first-order valence-electron chi connectivity index (χ1n) is 9.47. The molecule has 0 saturated carbocycles.